The third kappa shape index (κ3) is 5.76. The van der Waals surface area contributed by atoms with Crippen LogP contribution in [0.2, 0.25) is 0 Å². The first kappa shape index (κ1) is 20.8. The Bertz CT molecular complexity index is 922. The van der Waals surface area contributed by atoms with Crippen LogP contribution in [0.5, 0.6) is 0 Å². The maximum Gasteiger partial charge on any atom is 0.294 e. The highest BCUT2D eigenvalue weighted by Crippen LogP contribution is 2.17. The largest absolute Gasteiger partial charge is 0.349 e. The topological polar surface area (TPSA) is 112 Å². The normalized spacial score (nSPS) is 12.0. The fourth-order valence-electron chi connectivity index (χ4n) is 2.17. The standard InChI is InChI=1S/C15H15NO6S4/c17-25(18,19)13-5-1-11(2-6-13)9-16(15(23)24)10-12-3-7-14(8-4-12)26(20,21)22/h1-8H,9-10H2,(H,23,24)(H,17,18,19)(H,20,21,22). The third-order valence-corrected chi connectivity index (χ3v) is 5.74. The Morgan fingerprint density at radius 3 is 1.35 bits per heavy atom. The van der Waals surface area contributed by atoms with Crippen LogP contribution < -0.4 is 0 Å². The molecule has 0 aromatic heterocycles. The molecule has 0 amide bonds. The lowest BCUT2D eigenvalue weighted by Crippen LogP contribution is -2.25. The Morgan fingerprint density at radius 1 is 0.808 bits per heavy atom. The lowest BCUT2D eigenvalue weighted by molar-refractivity contribution is 0.421. The Balaban J connectivity index is 2.15. The van der Waals surface area contributed by atoms with Crippen molar-refractivity contribution in [3.05, 3.63) is 59.7 Å². The zero-order valence-electron chi connectivity index (χ0n) is 13.2. The summed E-state index contributed by atoms with van der Waals surface area (Å²) in [4.78, 5) is 1.30. The van der Waals surface area contributed by atoms with E-state index in [-0.39, 0.29) is 9.79 Å². The molecule has 0 bridgehead atoms. The molecule has 0 saturated heterocycles. The summed E-state index contributed by atoms with van der Waals surface area (Å²) < 4.78 is 62.5. The van der Waals surface area contributed by atoms with Gasteiger partial charge in [0.25, 0.3) is 20.2 Å². The van der Waals surface area contributed by atoms with E-state index in [1.165, 1.54) is 24.3 Å². The molecular weight excluding hydrogens is 418 g/mol. The van der Waals surface area contributed by atoms with Gasteiger partial charge in [-0.05, 0) is 35.4 Å². The third-order valence-electron chi connectivity index (χ3n) is 3.46. The summed E-state index contributed by atoms with van der Waals surface area (Å²) in [6, 6.07) is 11.3. The van der Waals surface area contributed by atoms with Gasteiger partial charge in [-0.3, -0.25) is 9.11 Å². The molecule has 2 aromatic rings. The van der Waals surface area contributed by atoms with Crippen molar-refractivity contribution in [1.82, 2.24) is 4.90 Å². The van der Waals surface area contributed by atoms with Gasteiger partial charge >= 0.3 is 0 Å². The van der Waals surface area contributed by atoms with Gasteiger partial charge in [-0.25, -0.2) is 0 Å². The number of rotatable bonds is 6. The van der Waals surface area contributed by atoms with E-state index < -0.39 is 20.2 Å². The Hall–Kier alpha value is -1.50. The molecule has 2 aromatic carbocycles. The molecule has 2 rings (SSSR count). The summed E-state index contributed by atoms with van der Waals surface area (Å²) in [5, 5.41) is 0. The highest BCUT2D eigenvalue weighted by Gasteiger charge is 2.13. The van der Waals surface area contributed by atoms with Gasteiger partial charge in [-0.15, -0.1) is 12.6 Å². The highest BCUT2D eigenvalue weighted by atomic mass is 32.2. The Kier molecular flexibility index (Phi) is 6.42. The molecule has 0 fully saturated rings. The summed E-state index contributed by atoms with van der Waals surface area (Å²) in [5.74, 6) is 0. The highest BCUT2D eigenvalue weighted by molar-refractivity contribution is 8.10. The second-order valence-corrected chi connectivity index (χ2v) is 9.33. The van der Waals surface area contributed by atoms with Crippen molar-refractivity contribution in [2.24, 2.45) is 0 Å². The first-order valence-corrected chi connectivity index (χ1v) is 10.8. The van der Waals surface area contributed by atoms with Crippen molar-refractivity contribution in [1.29, 1.82) is 0 Å². The summed E-state index contributed by atoms with van der Waals surface area (Å²) in [7, 11) is -8.51. The van der Waals surface area contributed by atoms with Gasteiger partial charge in [0, 0.05) is 13.1 Å². The molecular formula is C15H15NO6S4. The van der Waals surface area contributed by atoms with E-state index in [0.29, 0.717) is 17.4 Å². The molecule has 0 spiro atoms. The number of thiol groups is 1. The SMILES string of the molecule is O=S(=O)(O)c1ccc(CN(Cc2ccc(S(=O)(=O)O)cc2)C(=S)S)cc1. The average molecular weight is 434 g/mol. The number of nitrogens with zero attached hydrogens (tertiary/aromatic N) is 1. The van der Waals surface area contributed by atoms with Crippen LogP contribution in [0.15, 0.2) is 58.3 Å². The predicted octanol–water partition coefficient (Wildman–Crippen LogP) is 2.40. The molecule has 0 aliphatic heterocycles. The minimum absolute atomic E-state index is 0.206. The number of benzene rings is 2. The minimum Gasteiger partial charge on any atom is -0.349 e. The monoisotopic (exact) mass is 433 g/mol. The van der Waals surface area contributed by atoms with Crippen molar-refractivity contribution in [3.63, 3.8) is 0 Å². The molecule has 0 aliphatic rings. The van der Waals surface area contributed by atoms with Crippen LogP contribution in [0.4, 0.5) is 0 Å². The van der Waals surface area contributed by atoms with Crippen LogP contribution in [-0.2, 0) is 33.3 Å². The fourth-order valence-corrected chi connectivity index (χ4v) is 3.40. The molecule has 2 N–H and O–H groups in total. The molecule has 0 atom stereocenters. The summed E-state index contributed by atoms with van der Waals surface area (Å²) >= 11 is 9.28. The first-order chi connectivity index (χ1) is 12.0. The first-order valence-electron chi connectivity index (χ1n) is 7.07. The van der Waals surface area contributed by atoms with Crippen LogP contribution in [-0.4, -0.2) is 35.2 Å². The van der Waals surface area contributed by atoms with Crippen molar-refractivity contribution in [3.8, 4) is 0 Å². The van der Waals surface area contributed by atoms with Crippen LogP contribution in [0.3, 0.4) is 0 Å². The van der Waals surface area contributed by atoms with Gasteiger partial charge in [0.05, 0.1) is 9.79 Å². The van der Waals surface area contributed by atoms with Gasteiger partial charge in [0.1, 0.15) is 4.32 Å². The van der Waals surface area contributed by atoms with Crippen LogP contribution >= 0.6 is 24.8 Å². The summed E-state index contributed by atoms with van der Waals surface area (Å²) in [6.45, 7) is 0.655. The number of thiocarbonyl (C=S) groups is 1. The van der Waals surface area contributed by atoms with Crippen LogP contribution in [0.25, 0.3) is 0 Å². The number of hydrogen-bond acceptors (Lipinski definition) is 5. The molecule has 7 nitrogen and oxygen atoms in total. The van der Waals surface area contributed by atoms with Crippen LogP contribution in [0, 0.1) is 0 Å². The quantitative estimate of drug-likeness (QED) is 0.362. The van der Waals surface area contributed by atoms with E-state index in [1.54, 1.807) is 29.2 Å². The van der Waals surface area contributed by atoms with E-state index in [2.05, 4.69) is 12.6 Å². The zero-order valence-corrected chi connectivity index (χ0v) is 16.5. The summed E-state index contributed by atoms with van der Waals surface area (Å²) in [6.07, 6.45) is 0. The lowest BCUT2D eigenvalue weighted by Gasteiger charge is -2.23. The van der Waals surface area contributed by atoms with Crippen molar-refractivity contribution in [2.45, 2.75) is 22.9 Å². The molecule has 0 aliphatic carbocycles. The zero-order chi connectivity index (χ0) is 19.5. The van der Waals surface area contributed by atoms with Gasteiger partial charge in [0.2, 0.25) is 0 Å². The van der Waals surface area contributed by atoms with E-state index in [9.17, 15) is 16.8 Å². The molecule has 0 saturated carbocycles. The molecule has 0 unspecified atom stereocenters. The second-order valence-electron chi connectivity index (χ2n) is 5.38. The van der Waals surface area contributed by atoms with Crippen molar-refractivity contribution >= 4 is 49.4 Å². The Morgan fingerprint density at radius 2 is 1.12 bits per heavy atom. The van der Waals surface area contributed by atoms with Crippen LogP contribution in [0.1, 0.15) is 11.1 Å². The van der Waals surface area contributed by atoms with Gasteiger partial charge < -0.3 is 4.90 Å². The number of hydrogen-bond donors (Lipinski definition) is 3. The smallest absolute Gasteiger partial charge is 0.294 e. The molecule has 0 radical (unpaired) electrons. The van der Waals surface area contributed by atoms with Gasteiger partial charge in [0.15, 0.2) is 0 Å². The van der Waals surface area contributed by atoms with E-state index in [0.717, 1.165) is 11.1 Å². The van der Waals surface area contributed by atoms with E-state index in [4.69, 9.17) is 21.3 Å². The second kappa shape index (κ2) is 8.03. The lowest BCUT2D eigenvalue weighted by atomic mass is 10.2. The van der Waals surface area contributed by atoms with Gasteiger partial charge in [-0.1, -0.05) is 36.5 Å². The predicted molar refractivity (Wildman–Crippen MR) is 103 cm³/mol. The average Bonchev–Trinajstić information content (AvgIpc) is 2.53. The molecule has 0 heterocycles. The molecule has 26 heavy (non-hydrogen) atoms. The van der Waals surface area contributed by atoms with Crippen molar-refractivity contribution in [2.75, 3.05) is 0 Å². The summed E-state index contributed by atoms with van der Waals surface area (Å²) in [5.41, 5.74) is 1.48. The molecule has 140 valence electrons. The molecule has 11 heteroatoms. The van der Waals surface area contributed by atoms with E-state index in [1.807, 2.05) is 0 Å². The van der Waals surface area contributed by atoms with Gasteiger partial charge in [-0.2, -0.15) is 16.8 Å². The fraction of sp³-hybridized carbons (Fsp3) is 0.133. The maximum atomic E-state index is 11.1. The maximum absolute atomic E-state index is 11.1. The minimum atomic E-state index is -4.25. The van der Waals surface area contributed by atoms with E-state index >= 15 is 0 Å². The van der Waals surface area contributed by atoms with Crippen molar-refractivity contribution < 1.29 is 25.9 Å². The Labute approximate surface area is 162 Å².